The van der Waals surface area contributed by atoms with Gasteiger partial charge >= 0.3 is 0 Å². The van der Waals surface area contributed by atoms with Crippen LogP contribution in [0.25, 0.3) is 17.0 Å². The Kier molecular flexibility index (Phi) is 5.38. The molecule has 0 unspecified atom stereocenters. The lowest BCUT2D eigenvalue weighted by Gasteiger charge is -2.25. The van der Waals surface area contributed by atoms with Gasteiger partial charge in [0.05, 0.1) is 24.5 Å². The normalized spacial score (nSPS) is 15.1. The van der Waals surface area contributed by atoms with Crippen molar-refractivity contribution < 1.29 is 4.74 Å². The standard InChI is InChI=1S/C22H23N5O/c1-16-19-6-7-25-21(19)5-4-20(16)26-22-17(14-24-15-18(22)13-23)3-2-8-27-9-11-28-12-10-27/h2-7,14-15,25H,8-12H2,1H3,(H,24,26). The number of nitrogens with zero attached hydrogens (tertiary/aromatic N) is 3. The first-order valence-electron chi connectivity index (χ1n) is 9.45. The van der Waals surface area contributed by atoms with E-state index in [1.54, 1.807) is 12.4 Å². The van der Waals surface area contributed by atoms with Crippen LogP contribution in [-0.4, -0.2) is 47.7 Å². The molecule has 6 nitrogen and oxygen atoms in total. The minimum absolute atomic E-state index is 0.530. The van der Waals surface area contributed by atoms with Gasteiger partial charge in [0.25, 0.3) is 0 Å². The number of benzene rings is 1. The first-order chi connectivity index (χ1) is 13.8. The summed E-state index contributed by atoms with van der Waals surface area (Å²) in [4.78, 5) is 9.81. The molecule has 1 saturated heterocycles. The number of nitriles is 1. The number of aromatic nitrogens is 2. The van der Waals surface area contributed by atoms with Crippen molar-refractivity contribution in [2.75, 3.05) is 38.2 Å². The van der Waals surface area contributed by atoms with E-state index in [1.165, 1.54) is 5.39 Å². The Morgan fingerprint density at radius 2 is 2.14 bits per heavy atom. The Balaban J connectivity index is 1.61. The lowest BCUT2D eigenvalue weighted by atomic mass is 10.1. The molecule has 4 rings (SSSR count). The van der Waals surface area contributed by atoms with Crippen LogP contribution in [0.4, 0.5) is 11.4 Å². The number of hydrogen-bond donors (Lipinski definition) is 2. The second kappa shape index (κ2) is 8.26. The first kappa shape index (κ1) is 18.2. The summed E-state index contributed by atoms with van der Waals surface area (Å²) < 4.78 is 5.39. The quantitative estimate of drug-likeness (QED) is 0.711. The van der Waals surface area contributed by atoms with E-state index in [2.05, 4.69) is 45.3 Å². The van der Waals surface area contributed by atoms with E-state index in [9.17, 15) is 5.26 Å². The van der Waals surface area contributed by atoms with Crippen molar-refractivity contribution in [3.8, 4) is 6.07 Å². The number of anilines is 2. The molecule has 1 aliphatic rings. The van der Waals surface area contributed by atoms with Crippen molar-refractivity contribution in [1.29, 1.82) is 5.26 Å². The third kappa shape index (κ3) is 3.77. The minimum atomic E-state index is 0.530. The number of rotatable bonds is 5. The number of H-pyrrole nitrogens is 1. The molecular formula is C22H23N5O. The van der Waals surface area contributed by atoms with Crippen LogP contribution < -0.4 is 5.32 Å². The molecule has 3 heterocycles. The molecular weight excluding hydrogens is 350 g/mol. The fourth-order valence-electron chi connectivity index (χ4n) is 3.49. The molecule has 0 bridgehead atoms. The maximum absolute atomic E-state index is 9.58. The molecule has 2 N–H and O–H groups in total. The molecule has 0 atom stereocenters. The molecule has 0 radical (unpaired) electrons. The average molecular weight is 373 g/mol. The highest BCUT2D eigenvalue weighted by molar-refractivity contribution is 5.89. The van der Waals surface area contributed by atoms with Crippen LogP contribution in [0, 0.1) is 18.3 Å². The van der Waals surface area contributed by atoms with Crippen LogP contribution in [0.3, 0.4) is 0 Å². The molecule has 0 aliphatic carbocycles. The Labute approximate surface area is 164 Å². The lowest BCUT2D eigenvalue weighted by molar-refractivity contribution is 0.0435. The Morgan fingerprint density at radius 1 is 1.29 bits per heavy atom. The molecule has 3 aromatic rings. The fourth-order valence-corrected chi connectivity index (χ4v) is 3.49. The van der Waals surface area contributed by atoms with E-state index in [1.807, 2.05) is 24.4 Å². The summed E-state index contributed by atoms with van der Waals surface area (Å²) in [6.07, 6.45) is 9.50. The van der Waals surface area contributed by atoms with Gasteiger partial charge in [-0.15, -0.1) is 0 Å². The SMILES string of the molecule is Cc1c(Nc2c(C#N)cncc2C=CCN2CCOCC2)ccc2[nH]ccc12. The Bertz CT molecular complexity index is 1040. The Morgan fingerprint density at radius 3 is 2.96 bits per heavy atom. The number of nitrogens with one attached hydrogen (secondary N) is 2. The van der Waals surface area contributed by atoms with Crippen LogP contribution in [-0.2, 0) is 4.74 Å². The molecule has 6 heteroatoms. The summed E-state index contributed by atoms with van der Waals surface area (Å²) in [7, 11) is 0. The predicted octanol–water partition coefficient (Wildman–Crippen LogP) is 3.83. The molecule has 28 heavy (non-hydrogen) atoms. The van der Waals surface area contributed by atoms with Gasteiger partial charge in [-0.3, -0.25) is 9.88 Å². The third-order valence-electron chi connectivity index (χ3n) is 5.12. The maximum Gasteiger partial charge on any atom is 0.103 e. The summed E-state index contributed by atoms with van der Waals surface area (Å²) in [5.41, 5.74) is 5.45. The average Bonchev–Trinajstić information content (AvgIpc) is 3.21. The van der Waals surface area contributed by atoms with Crippen molar-refractivity contribution in [2.45, 2.75) is 6.92 Å². The van der Waals surface area contributed by atoms with Crippen LogP contribution in [0.1, 0.15) is 16.7 Å². The number of fused-ring (bicyclic) bond motifs is 1. The Hall–Kier alpha value is -3.14. The van der Waals surface area contributed by atoms with Gasteiger partial charge in [0, 0.05) is 60.4 Å². The number of pyridine rings is 1. The van der Waals surface area contributed by atoms with Crippen LogP contribution in [0.15, 0.2) is 42.9 Å². The fraction of sp³-hybridized carbons (Fsp3) is 0.273. The summed E-state index contributed by atoms with van der Waals surface area (Å²) in [5, 5.41) is 14.2. The van der Waals surface area contributed by atoms with Crippen LogP contribution >= 0.6 is 0 Å². The number of aryl methyl sites for hydroxylation is 1. The molecule has 1 aromatic carbocycles. The minimum Gasteiger partial charge on any atom is -0.379 e. The summed E-state index contributed by atoms with van der Waals surface area (Å²) in [6, 6.07) is 8.41. The summed E-state index contributed by atoms with van der Waals surface area (Å²) in [5.74, 6) is 0. The summed E-state index contributed by atoms with van der Waals surface area (Å²) >= 11 is 0. The zero-order valence-electron chi connectivity index (χ0n) is 15.9. The van der Waals surface area contributed by atoms with Crippen molar-refractivity contribution in [2.24, 2.45) is 0 Å². The predicted molar refractivity (Wildman–Crippen MR) is 112 cm³/mol. The van der Waals surface area contributed by atoms with Gasteiger partial charge in [-0.05, 0) is 30.7 Å². The van der Waals surface area contributed by atoms with Gasteiger partial charge in [-0.25, -0.2) is 0 Å². The smallest absolute Gasteiger partial charge is 0.103 e. The topological polar surface area (TPSA) is 77.0 Å². The molecule has 0 amide bonds. The second-order valence-electron chi connectivity index (χ2n) is 6.88. The molecule has 2 aromatic heterocycles. The lowest BCUT2D eigenvalue weighted by Crippen LogP contribution is -2.36. The number of hydrogen-bond acceptors (Lipinski definition) is 5. The van der Waals surface area contributed by atoms with Crippen molar-refractivity contribution >= 4 is 28.4 Å². The summed E-state index contributed by atoms with van der Waals surface area (Å²) in [6.45, 7) is 6.40. The monoisotopic (exact) mass is 373 g/mol. The van der Waals surface area contributed by atoms with E-state index < -0.39 is 0 Å². The zero-order chi connectivity index (χ0) is 19.3. The van der Waals surface area contributed by atoms with E-state index in [4.69, 9.17) is 4.74 Å². The first-order valence-corrected chi connectivity index (χ1v) is 9.45. The van der Waals surface area contributed by atoms with Crippen molar-refractivity contribution in [1.82, 2.24) is 14.9 Å². The van der Waals surface area contributed by atoms with Gasteiger partial charge in [-0.1, -0.05) is 12.2 Å². The number of aromatic amines is 1. The van der Waals surface area contributed by atoms with E-state index in [-0.39, 0.29) is 0 Å². The highest BCUT2D eigenvalue weighted by Crippen LogP contribution is 2.30. The van der Waals surface area contributed by atoms with Crippen LogP contribution in [0.2, 0.25) is 0 Å². The zero-order valence-corrected chi connectivity index (χ0v) is 15.9. The second-order valence-corrected chi connectivity index (χ2v) is 6.88. The van der Waals surface area contributed by atoms with Gasteiger partial charge in [0.2, 0.25) is 0 Å². The van der Waals surface area contributed by atoms with Gasteiger partial charge in [0.1, 0.15) is 6.07 Å². The van der Waals surface area contributed by atoms with E-state index in [0.29, 0.717) is 5.56 Å². The maximum atomic E-state index is 9.58. The van der Waals surface area contributed by atoms with Crippen LogP contribution in [0.5, 0.6) is 0 Å². The number of ether oxygens (including phenoxy) is 1. The molecule has 1 fully saturated rings. The van der Waals surface area contributed by atoms with Gasteiger partial charge in [0.15, 0.2) is 0 Å². The van der Waals surface area contributed by atoms with E-state index >= 15 is 0 Å². The van der Waals surface area contributed by atoms with Gasteiger partial charge in [-0.2, -0.15) is 5.26 Å². The largest absolute Gasteiger partial charge is 0.379 e. The molecule has 142 valence electrons. The molecule has 0 saturated carbocycles. The van der Waals surface area contributed by atoms with Gasteiger partial charge < -0.3 is 15.0 Å². The number of morpholine rings is 1. The molecule has 0 spiro atoms. The third-order valence-corrected chi connectivity index (χ3v) is 5.12. The molecule has 1 aliphatic heterocycles. The highest BCUT2D eigenvalue weighted by Gasteiger charge is 2.12. The van der Waals surface area contributed by atoms with E-state index in [0.717, 1.165) is 60.9 Å². The highest BCUT2D eigenvalue weighted by atomic mass is 16.5. The van der Waals surface area contributed by atoms with Crippen molar-refractivity contribution in [3.63, 3.8) is 0 Å². The van der Waals surface area contributed by atoms with Crippen molar-refractivity contribution in [3.05, 3.63) is 59.6 Å².